The quantitative estimate of drug-likeness (QED) is 0.751. The molecule has 0 atom stereocenters. The van der Waals surface area contributed by atoms with Gasteiger partial charge >= 0.3 is 0 Å². The number of hydrogen-bond acceptors (Lipinski definition) is 3. The number of terminal acetylenes is 1. The van der Waals surface area contributed by atoms with Gasteiger partial charge in [-0.25, -0.2) is 0 Å². The number of ether oxygens (including phenoxy) is 2. The minimum atomic E-state index is 0.560. The minimum absolute atomic E-state index is 0.560. The maximum atomic E-state index is 5.51. The van der Waals surface area contributed by atoms with Crippen molar-refractivity contribution in [1.82, 2.24) is 0 Å². The summed E-state index contributed by atoms with van der Waals surface area (Å²) in [6.07, 6.45) is 6.14. The molecule has 0 saturated heterocycles. The highest BCUT2D eigenvalue weighted by Crippen LogP contribution is 2.30. The Hall–Kier alpha value is -1.66. The van der Waals surface area contributed by atoms with Crippen LogP contribution >= 0.6 is 0 Å². The fourth-order valence-corrected chi connectivity index (χ4v) is 1.42. The first-order valence-corrected chi connectivity index (χ1v) is 4.68. The van der Waals surface area contributed by atoms with E-state index in [0.29, 0.717) is 18.0 Å². The van der Waals surface area contributed by atoms with Crippen molar-refractivity contribution in [3.8, 4) is 23.8 Å². The first-order valence-electron chi connectivity index (χ1n) is 4.68. The van der Waals surface area contributed by atoms with E-state index in [0.717, 1.165) is 17.5 Å². The molecule has 0 radical (unpaired) electrons. The Bertz CT molecular complexity index is 380. The lowest BCUT2D eigenvalue weighted by molar-refractivity contribution is 0.354. The lowest BCUT2D eigenvalue weighted by atomic mass is 10.0. The molecule has 1 aromatic rings. The van der Waals surface area contributed by atoms with E-state index in [9.17, 15) is 0 Å². The molecule has 0 saturated carbocycles. The largest absolute Gasteiger partial charge is 0.493 e. The van der Waals surface area contributed by atoms with Crippen LogP contribution in [-0.2, 0) is 6.42 Å². The third-order valence-corrected chi connectivity index (χ3v) is 2.18. The molecule has 0 unspecified atom stereocenters. The van der Waals surface area contributed by atoms with Gasteiger partial charge in [0.25, 0.3) is 0 Å². The summed E-state index contributed by atoms with van der Waals surface area (Å²) in [5.74, 6) is 3.94. The number of benzene rings is 1. The van der Waals surface area contributed by atoms with Gasteiger partial charge in [0.2, 0.25) is 0 Å². The summed E-state index contributed by atoms with van der Waals surface area (Å²) in [6, 6.07) is 3.67. The highest BCUT2D eigenvalue weighted by Gasteiger charge is 2.08. The highest BCUT2D eigenvalue weighted by molar-refractivity contribution is 5.52. The van der Waals surface area contributed by atoms with Gasteiger partial charge in [0, 0.05) is 5.56 Å². The van der Waals surface area contributed by atoms with Gasteiger partial charge in [0.15, 0.2) is 11.5 Å². The van der Waals surface area contributed by atoms with Gasteiger partial charge in [-0.1, -0.05) is 5.92 Å². The predicted molar refractivity (Wildman–Crippen MR) is 60.2 cm³/mol. The zero-order valence-corrected chi connectivity index (χ0v) is 9.04. The van der Waals surface area contributed by atoms with E-state index in [1.54, 1.807) is 20.3 Å². The van der Waals surface area contributed by atoms with Crippen LogP contribution in [0.1, 0.15) is 11.1 Å². The molecule has 0 heterocycles. The monoisotopic (exact) mass is 205 g/mol. The van der Waals surface area contributed by atoms with Crippen LogP contribution in [0.4, 0.5) is 0 Å². The number of rotatable bonds is 4. The number of nitrogens with two attached hydrogens (primary N) is 1. The lowest BCUT2D eigenvalue weighted by Gasteiger charge is -2.11. The summed E-state index contributed by atoms with van der Waals surface area (Å²) in [5.41, 5.74) is 7.32. The molecule has 3 heteroatoms. The Morgan fingerprint density at radius 2 is 1.87 bits per heavy atom. The molecule has 0 bridgehead atoms. The smallest absolute Gasteiger partial charge is 0.161 e. The molecule has 0 fully saturated rings. The van der Waals surface area contributed by atoms with Crippen molar-refractivity contribution in [1.29, 1.82) is 0 Å². The van der Waals surface area contributed by atoms with Gasteiger partial charge in [-0.2, -0.15) is 0 Å². The molecule has 3 nitrogen and oxygen atoms in total. The Morgan fingerprint density at radius 3 is 2.33 bits per heavy atom. The average molecular weight is 205 g/mol. The summed E-state index contributed by atoms with van der Waals surface area (Å²) >= 11 is 0. The lowest BCUT2D eigenvalue weighted by Crippen LogP contribution is -2.05. The fraction of sp³-hybridized carbons (Fsp3) is 0.333. The maximum Gasteiger partial charge on any atom is 0.161 e. The molecule has 2 N–H and O–H groups in total. The van der Waals surface area contributed by atoms with Gasteiger partial charge < -0.3 is 15.2 Å². The van der Waals surface area contributed by atoms with Crippen molar-refractivity contribution >= 4 is 0 Å². The molecule has 0 aliphatic heterocycles. The van der Waals surface area contributed by atoms with Gasteiger partial charge in [0.05, 0.1) is 14.2 Å². The highest BCUT2D eigenvalue weighted by atomic mass is 16.5. The molecular formula is C12H15NO2. The zero-order chi connectivity index (χ0) is 11.3. The molecule has 1 rings (SSSR count). The van der Waals surface area contributed by atoms with E-state index in [2.05, 4.69) is 5.92 Å². The molecule has 0 aromatic heterocycles. The molecule has 15 heavy (non-hydrogen) atoms. The third-order valence-electron chi connectivity index (χ3n) is 2.18. The first kappa shape index (κ1) is 11.4. The first-order chi connectivity index (χ1) is 7.26. The standard InChI is InChI=1S/C12H15NO2/c1-4-9-7-11(14-2)12(15-3)8-10(9)5-6-13/h1,7-8H,5-6,13H2,2-3H3. The summed E-state index contributed by atoms with van der Waals surface area (Å²) in [6.45, 7) is 0.560. The summed E-state index contributed by atoms with van der Waals surface area (Å²) < 4.78 is 10.3. The molecule has 80 valence electrons. The Balaban J connectivity index is 3.22. The average Bonchev–Trinajstić information content (AvgIpc) is 2.28. The molecule has 0 amide bonds. The minimum Gasteiger partial charge on any atom is -0.493 e. The molecule has 0 aliphatic carbocycles. The van der Waals surface area contributed by atoms with Crippen LogP contribution in [-0.4, -0.2) is 20.8 Å². The van der Waals surface area contributed by atoms with Crippen LogP contribution < -0.4 is 15.2 Å². The third kappa shape index (κ3) is 2.42. The van der Waals surface area contributed by atoms with Crippen LogP contribution in [0.25, 0.3) is 0 Å². The van der Waals surface area contributed by atoms with E-state index < -0.39 is 0 Å². The van der Waals surface area contributed by atoms with Crippen LogP contribution in [0.3, 0.4) is 0 Å². The second-order valence-electron chi connectivity index (χ2n) is 3.05. The van der Waals surface area contributed by atoms with Crippen molar-refractivity contribution in [3.63, 3.8) is 0 Å². The fourth-order valence-electron chi connectivity index (χ4n) is 1.42. The molecule has 0 aliphatic rings. The Kier molecular flexibility index (Phi) is 4.02. The van der Waals surface area contributed by atoms with Crippen molar-refractivity contribution in [2.24, 2.45) is 5.73 Å². The van der Waals surface area contributed by atoms with Gasteiger partial charge in [-0.3, -0.25) is 0 Å². The van der Waals surface area contributed by atoms with E-state index in [1.807, 2.05) is 6.07 Å². The summed E-state index contributed by atoms with van der Waals surface area (Å²) in [5, 5.41) is 0. The SMILES string of the molecule is C#Cc1cc(OC)c(OC)cc1CCN. The Labute approximate surface area is 90.2 Å². The van der Waals surface area contributed by atoms with Crippen molar-refractivity contribution in [3.05, 3.63) is 23.3 Å². The molecule has 1 aromatic carbocycles. The van der Waals surface area contributed by atoms with Gasteiger partial charge in [0.1, 0.15) is 0 Å². The molecular weight excluding hydrogens is 190 g/mol. The van der Waals surface area contributed by atoms with E-state index in [4.69, 9.17) is 21.6 Å². The van der Waals surface area contributed by atoms with Crippen LogP contribution in [0, 0.1) is 12.3 Å². The van der Waals surface area contributed by atoms with Crippen molar-refractivity contribution in [2.45, 2.75) is 6.42 Å². The summed E-state index contributed by atoms with van der Waals surface area (Å²) in [7, 11) is 3.18. The van der Waals surface area contributed by atoms with Crippen LogP contribution in [0.2, 0.25) is 0 Å². The zero-order valence-electron chi connectivity index (χ0n) is 9.04. The predicted octanol–water partition coefficient (Wildman–Crippen LogP) is 1.19. The van der Waals surface area contributed by atoms with Crippen molar-refractivity contribution < 1.29 is 9.47 Å². The van der Waals surface area contributed by atoms with E-state index >= 15 is 0 Å². The number of hydrogen-bond donors (Lipinski definition) is 1. The van der Waals surface area contributed by atoms with E-state index in [-0.39, 0.29) is 0 Å². The number of methoxy groups -OCH3 is 2. The van der Waals surface area contributed by atoms with E-state index in [1.165, 1.54) is 0 Å². The van der Waals surface area contributed by atoms with Crippen LogP contribution in [0.5, 0.6) is 11.5 Å². The normalized spacial score (nSPS) is 9.47. The van der Waals surface area contributed by atoms with Gasteiger partial charge in [-0.15, -0.1) is 6.42 Å². The second-order valence-corrected chi connectivity index (χ2v) is 3.05. The van der Waals surface area contributed by atoms with Crippen LogP contribution in [0.15, 0.2) is 12.1 Å². The van der Waals surface area contributed by atoms with Crippen molar-refractivity contribution in [2.75, 3.05) is 20.8 Å². The Morgan fingerprint density at radius 1 is 1.27 bits per heavy atom. The maximum absolute atomic E-state index is 5.51. The topological polar surface area (TPSA) is 44.5 Å². The molecule has 0 spiro atoms. The summed E-state index contributed by atoms with van der Waals surface area (Å²) in [4.78, 5) is 0. The van der Waals surface area contributed by atoms with Gasteiger partial charge in [-0.05, 0) is 30.7 Å². The second kappa shape index (κ2) is 5.28.